The lowest BCUT2D eigenvalue weighted by molar-refractivity contribution is -0.0117. The van der Waals surface area contributed by atoms with Crippen molar-refractivity contribution in [2.24, 2.45) is 0 Å². The lowest BCUT2D eigenvalue weighted by atomic mass is 9.97. The molecule has 2 amide bonds. The first kappa shape index (κ1) is 22.1. The molecule has 2 fully saturated rings. The highest BCUT2D eigenvalue weighted by atomic mass is 32.2. The maximum atomic E-state index is 12.6. The fraction of sp³-hybridized carbons (Fsp3) is 0.750. The molecule has 162 valence electrons. The van der Waals surface area contributed by atoms with Crippen molar-refractivity contribution in [2.75, 3.05) is 49.8 Å². The predicted molar refractivity (Wildman–Crippen MR) is 117 cm³/mol. The zero-order valence-electron chi connectivity index (χ0n) is 17.5. The third-order valence-corrected chi connectivity index (χ3v) is 6.09. The highest BCUT2D eigenvalue weighted by Gasteiger charge is 2.35. The van der Waals surface area contributed by atoms with Gasteiger partial charge in [0.2, 0.25) is 5.95 Å². The maximum absolute atomic E-state index is 12.6. The predicted octanol–water partition coefficient (Wildman–Crippen LogP) is 1.93. The summed E-state index contributed by atoms with van der Waals surface area (Å²) >= 11 is 1.77. The molecule has 0 aliphatic carbocycles. The van der Waals surface area contributed by atoms with E-state index in [9.17, 15) is 4.79 Å². The second-order valence-electron chi connectivity index (χ2n) is 7.55. The van der Waals surface area contributed by atoms with Crippen molar-refractivity contribution in [1.82, 2.24) is 25.5 Å². The van der Waals surface area contributed by atoms with Crippen molar-refractivity contribution in [3.8, 4) is 0 Å². The monoisotopic (exact) mass is 422 g/mol. The molecule has 0 unspecified atom stereocenters. The zero-order chi connectivity index (χ0) is 20.5. The minimum absolute atomic E-state index is 0.0211. The van der Waals surface area contributed by atoms with Gasteiger partial charge < -0.3 is 25.2 Å². The molecule has 3 heterocycles. The fourth-order valence-electron chi connectivity index (χ4n) is 4.11. The molecule has 1 aromatic rings. The van der Waals surface area contributed by atoms with Crippen LogP contribution < -0.4 is 15.5 Å². The van der Waals surface area contributed by atoms with Crippen molar-refractivity contribution < 1.29 is 9.53 Å². The van der Waals surface area contributed by atoms with Gasteiger partial charge in [0, 0.05) is 50.5 Å². The van der Waals surface area contributed by atoms with Crippen molar-refractivity contribution >= 4 is 23.7 Å². The standard InChI is InChI=1S/C20H34N6O2S/c1-3-21-20(27)26-11-4-6-17(24-15-29-2)18(26)14-28-16-7-12-25(13-8-16)19-22-9-5-10-23-19/h5,9-10,16-18,24H,3-4,6-8,11-15H2,1-2H3,(H,21,27)/t17-,18-/m0/s1. The normalized spacial score (nSPS) is 23.2. The molecule has 8 nitrogen and oxygen atoms in total. The molecule has 2 atom stereocenters. The van der Waals surface area contributed by atoms with Gasteiger partial charge in [-0.2, -0.15) is 0 Å². The molecule has 0 radical (unpaired) electrons. The minimum Gasteiger partial charge on any atom is -0.376 e. The molecule has 0 saturated carbocycles. The van der Waals surface area contributed by atoms with E-state index in [0.29, 0.717) is 13.2 Å². The van der Waals surface area contributed by atoms with Crippen LogP contribution in [0.15, 0.2) is 18.5 Å². The quantitative estimate of drug-likeness (QED) is 0.620. The lowest BCUT2D eigenvalue weighted by Gasteiger charge is -2.42. The Morgan fingerprint density at radius 1 is 1.24 bits per heavy atom. The summed E-state index contributed by atoms with van der Waals surface area (Å²) < 4.78 is 6.34. The highest BCUT2D eigenvalue weighted by molar-refractivity contribution is 7.98. The summed E-state index contributed by atoms with van der Waals surface area (Å²) in [5.74, 6) is 1.68. The summed E-state index contributed by atoms with van der Waals surface area (Å²) in [5.41, 5.74) is 0. The smallest absolute Gasteiger partial charge is 0.317 e. The van der Waals surface area contributed by atoms with E-state index in [0.717, 1.165) is 57.1 Å². The number of hydrogen-bond donors (Lipinski definition) is 2. The zero-order valence-corrected chi connectivity index (χ0v) is 18.4. The first-order valence-electron chi connectivity index (χ1n) is 10.6. The van der Waals surface area contributed by atoms with Crippen LogP contribution in [-0.2, 0) is 4.74 Å². The van der Waals surface area contributed by atoms with Crippen LogP contribution in [0.25, 0.3) is 0 Å². The SMILES string of the molecule is CCNC(=O)N1CCC[C@H](NCSC)[C@@H]1COC1CCN(c2ncccn2)CC1. The van der Waals surface area contributed by atoms with Crippen LogP contribution in [0.5, 0.6) is 0 Å². The van der Waals surface area contributed by atoms with Crippen molar-refractivity contribution in [3.63, 3.8) is 0 Å². The second-order valence-corrected chi connectivity index (χ2v) is 8.42. The molecule has 29 heavy (non-hydrogen) atoms. The molecular formula is C20H34N6O2S. The number of carbonyl (C=O) groups is 1. The third kappa shape index (κ3) is 6.20. The summed E-state index contributed by atoms with van der Waals surface area (Å²) in [6.45, 7) is 5.77. The maximum Gasteiger partial charge on any atom is 0.317 e. The third-order valence-electron chi connectivity index (χ3n) is 5.64. The number of aromatic nitrogens is 2. The number of hydrogen-bond acceptors (Lipinski definition) is 7. The molecule has 2 saturated heterocycles. The van der Waals surface area contributed by atoms with E-state index in [-0.39, 0.29) is 24.2 Å². The van der Waals surface area contributed by atoms with Gasteiger partial charge in [-0.05, 0) is 44.9 Å². The van der Waals surface area contributed by atoms with E-state index >= 15 is 0 Å². The molecule has 1 aromatic heterocycles. The van der Waals surface area contributed by atoms with E-state index in [1.54, 1.807) is 24.2 Å². The molecule has 2 aliphatic heterocycles. The minimum atomic E-state index is 0.0211. The number of anilines is 1. The number of likely N-dealkylation sites (tertiary alicyclic amines) is 1. The first-order valence-corrected chi connectivity index (χ1v) is 12.0. The Balaban J connectivity index is 1.54. The largest absolute Gasteiger partial charge is 0.376 e. The topological polar surface area (TPSA) is 82.6 Å². The van der Waals surface area contributed by atoms with Crippen molar-refractivity contribution in [3.05, 3.63) is 18.5 Å². The second kappa shape index (κ2) is 11.6. The number of urea groups is 1. The average molecular weight is 423 g/mol. The van der Waals surface area contributed by atoms with Crippen LogP contribution in [-0.4, -0.2) is 84.0 Å². The van der Waals surface area contributed by atoms with Gasteiger partial charge in [0.1, 0.15) is 0 Å². The lowest BCUT2D eigenvalue weighted by Crippen LogP contribution is -2.60. The first-order chi connectivity index (χ1) is 14.2. The average Bonchev–Trinajstić information content (AvgIpc) is 2.77. The number of carbonyl (C=O) groups excluding carboxylic acids is 1. The van der Waals surface area contributed by atoms with Crippen LogP contribution in [0, 0.1) is 0 Å². The Kier molecular flexibility index (Phi) is 8.82. The van der Waals surface area contributed by atoms with Crippen LogP contribution in [0.3, 0.4) is 0 Å². The van der Waals surface area contributed by atoms with Crippen molar-refractivity contribution in [1.29, 1.82) is 0 Å². The van der Waals surface area contributed by atoms with Gasteiger partial charge in [-0.3, -0.25) is 0 Å². The summed E-state index contributed by atoms with van der Waals surface area (Å²) in [7, 11) is 0. The highest BCUT2D eigenvalue weighted by Crippen LogP contribution is 2.22. The molecule has 2 N–H and O–H groups in total. The number of thioether (sulfide) groups is 1. The summed E-state index contributed by atoms with van der Waals surface area (Å²) in [6.07, 6.45) is 9.88. The van der Waals surface area contributed by atoms with Gasteiger partial charge in [-0.15, -0.1) is 11.8 Å². The number of rotatable bonds is 8. The van der Waals surface area contributed by atoms with Gasteiger partial charge >= 0.3 is 6.03 Å². The fourth-order valence-corrected chi connectivity index (χ4v) is 4.49. The number of ether oxygens (including phenoxy) is 1. The van der Waals surface area contributed by atoms with Gasteiger partial charge in [0.25, 0.3) is 0 Å². The molecule has 3 rings (SSSR count). The summed E-state index contributed by atoms with van der Waals surface area (Å²) in [5, 5.41) is 6.56. The van der Waals surface area contributed by atoms with Crippen molar-refractivity contribution in [2.45, 2.75) is 50.8 Å². The molecule has 9 heteroatoms. The Morgan fingerprint density at radius 3 is 2.69 bits per heavy atom. The van der Waals surface area contributed by atoms with Crippen LogP contribution in [0.2, 0.25) is 0 Å². The van der Waals surface area contributed by atoms with E-state index in [1.165, 1.54) is 0 Å². The van der Waals surface area contributed by atoms with Gasteiger partial charge in [0.15, 0.2) is 0 Å². The number of nitrogens with zero attached hydrogens (tertiary/aromatic N) is 4. The van der Waals surface area contributed by atoms with Crippen LogP contribution in [0.1, 0.15) is 32.6 Å². The van der Waals surface area contributed by atoms with E-state index in [1.807, 2.05) is 17.9 Å². The van der Waals surface area contributed by atoms with Gasteiger partial charge in [0.05, 0.1) is 18.8 Å². The number of nitrogens with one attached hydrogen (secondary N) is 2. The number of amides is 2. The molecule has 0 aromatic carbocycles. The van der Waals surface area contributed by atoms with Crippen LogP contribution in [0.4, 0.5) is 10.7 Å². The van der Waals surface area contributed by atoms with E-state index in [4.69, 9.17) is 4.74 Å². The van der Waals surface area contributed by atoms with E-state index < -0.39 is 0 Å². The number of piperidine rings is 2. The summed E-state index contributed by atoms with van der Waals surface area (Å²) in [6, 6.07) is 2.20. The molecule has 0 bridgehead atoms. The molecular weight excluding hydrogens is 388 g/mol. The van der Waals surface area contributed by atoms with Gasteiger partial charge in [-0.25, -0.2) is 14.8 Å². The Bertz CT molecular complexity index is 614. The molecule has 0 spiro atoms. The van der Waals surface area contributed by atoms with Gasteiger partial charge in [-0.1, -0.05) is 0 Å². The molecule has 2 aliphatic rings. The Morgan fingerprint density at radius 2 is 2.00 bits per heavy atom. The Labute approximate surface area is 178 Å². The van der Waals surface area contributed by atoms with E-state index in [2.05, 4.69) is 31.8 Å². The Hall–Kier alpha value is -1.58. The summed E-state index contributed by atoms with van der Waals surface area (Å²) in [4.78, 5) is 25.5. The van der Waals surface area contributed by atoms with Crippen LogP contribution >= 0.6 is 11.8 Å².